The average molecular weight is 1170 g/mol. The number of hydrogen-bond acceptors (Lipinski definition) is 23. The lowest BCUT2D eigenvalue weighted by Crippen LogP contribution is -2.19. The summed E-state index contributed by atoms with van der Waals surface area (Å²) in [5.41, 5.74) is 0. The summed E-state index contributed by atoms with van der Waals surface area (Å²) in [6, 6.07) is 0. The van der Waals surface area contributed by atoms with Crippen LogP contribution in [0.25, 0.3) is 0 Å². The van der Waals surface area contributed by atoms with Gasteiger partial charge in [-0.05, 0) is 115 Å². The van der Waals surface area contributed by atoms with Gasteiger partial charge < -0.3 is 14.6 Å². The summed E-state index contributed by atoms with van der Waals surface area (Å²) in [6.07, 6.45) is 19.4. The van der Waals surface area contributed by atoms with Crippen molar-refractivity contribution in [2.45, 2.75) is 232 Å². The number of carbonyl (C=O) groups excluding carboxylic acids is 8. The number of ether oxygens (including phenoxy) is 2. The van der Waals surface area contributed by atoms with Crippen molar-refractivity contribution in [1.82, 2.24) is 0 Å². The molecule has 0 spiro atoms. The zero-order valence-electron chi connectivity index (χ0n) is 48.5. The van der Waals surface area contributed by atoms with Crippen molar-refractivity contribution in [3.05, 3.63) is 12.7 Å². The van der Waals surface area contributed by atoms with Crippen molar-refractivity contribution in [1.29, 1.82) is 0 Å². The molecule has 0 aromatic heterocycles. The van der Waals surface area contributed by atoms with Gasteiger partial charge in [0.1, 0.15) is 0 Å². The minimum Gasteiger partial charge on any atom is -0.481 e. The molecule has 468 valence electrons. The summed E-state index contributed by atoms with van der Waals surface area (Å²) in [6.45, 7) is 9.51. The molecule has 2 atom stereocenters. The molecule has 0 fully saturated rings. The van der Waals surface area contributed by atoms with Gasteiger partial charge in [0.15, 0.2) is 0 Å². The Balaban J connectivity index is 3.50. The maximum atomic E-state index is 12.0. The van der Waals surface area contributed by atoms with Crippen molar-refractivity contribution < 1.29 is 116 Å². The first-order valence-corrected chi connectivity index (χ1v) is 29.4. The Morgan fingerprint density at radius 3 is 0.938 bits per heavy atom. The lowest BCUT2D eigenvalue weighted by atomic mass is 10.0. The lowest BCUT2D eigenvalue weighted by Gasteiger charge is -2.14. The van der Waals surface area contributed by atoms with Crippen LogP contribution in [0.3, 0.4) is 0 Å². The number of aliphatic carboxylic acids is 1. The number of esters is 2. The Morgan fingerprint density at radius 2 is 0.667 bits per heavy atom. The smallest absolute Gasteiger partial charge is 0.342 e. The third-order valence-electron chi connectivity index (χ3n) is 12.1. The largest absolute Gasteiger partial charge is 0.481 e. The number of hydrogen-bond donors (Lipinski definition) is 1. The monoisotopic (exact) mass is 1160 g/mol. The molecule has 0 saturated heterocycles. The molecule has 0 aromatic rings. The van der Waals surface area contributed by atoms with E-state index in [9.17, 15) is 43.2 Å². The lowest BCUT2D eigenvalue weighted by molar-refractivity contribution is -0.274. The zero-order valence-corrected chi connectivity index (χ0v) is 48.5. The molecule has 0 aliphatic rings. The predicted octanol–water partition coefficient (Wildman–Crippen LogP) is 10.7. The number of carboxylic acid groups (broad SMARTS) is 1. The zero-order chi connectivity index (χ0) is 59.7. The number of carboxylic acids is 1. The molecule has 81 heavy (non-hydrogen) atoms. The SMILES string of the molecule is C=CCC(CC(=O)OCCCCCC(=O)OOCCCCCC(=O)OOCCCCCC(=O)OOCCCCCC(=O)OOCCCCCC(=O)OOCCCCCC(=O)OOCCCCCC(=O)OCC(CC)CCCC)C(=O)O. The normalized spacial score (nSPS) is 11.7. The quantitative estimate of drug-likeness (QED) is 0.0194. The van der Waals surface area contributed by atoms with Crippen LogP contribution in [0.2, 0.25) is 0 Å². The molecule has 0 amide bonds. The summed E-state index contributed by atoms with van der Waals surface area (Å²) >= 11 is 0. The summed E-state index contributed by atoms with van der Waals surface area (Å²) in [5, 5.41) is 9.08. The molecule has 24 heteroatoms. The molecular weight excluding hydrogens is 1070 g/mol. The number of rotatable bonds is 59. The van der Waals surface area contributed by atoms with Gasteiger partial charge >= 0.3 is 53.7 Å². The fourth-order valence-corrected chi connectivity index (χ4v) is 7.18. The van der Waals surface area contributed by atoms with E-state index in [0.29, 0.717) is 147 Å². The molecule has 2 unspecified atom stereocenters. The van der Waals surface area contributed by atoms with E-state index in [2.05, 4.69) is 20.4 Å². The minimum atomic E-state index is -1.08. The maximum absolute atomic E-state index is 12.0. The van der Waals surface area contributed by atoms with Gasteiger partial charge in [0.05, 0.1) is 65.2 Å². The van der Waals surface area contributed by atoms with E-state index in [-0.39, 0.29) is 104 Å². The van der Waals surface area contributed by atoms with Gasteiger partial charge in [-0.2, -0.15) is 29.3 Å². The average Bonchev–Trinajstić information content (AvgIpc) is 3.44. The fraction of sp³-hybridized carbons (Fsp3) is 0.807. The second-order valence-corrected chi connectivity index (χ2v) is 19.4. The Hall–Kier alpha value is -5.27. The van der Waals surface area contributed by atoms with Crippen LogP contribution in [0.5, 0.6) is 0 Å². The minimum absolute atomic E-state index is 0.125. The van der Waals surface area contributed by atoms with E-state index >= 15 is 0 Å². The van der Waals surface area contributed by atoms with Gasteiger partial charge in [-0.25, -0.2) is 28.8 Å². The van der Waals surface area contributed by atoms with Crippen LogP contribution >= 0.6 is 0 Å². The third-order valence-corrected chi connectivity index (χ3v) is 12.1. The Kier molecular flexibility index (Phi) is 52.9. The van der Waals surface area contributed by atoms with Crippen LogP contribution in [0, 0.1) is 11.8 Å². The molecule has 24 nitrogen and oxygen atoms in total. The van der Waals surface area contributed by atoms with Crippen molar-refractivity contribution >= 4 is 53.7 Å². The van der Waals surface area contributed by atoms with E-state index in [0.717, 1.165) is 32.1 Å². The first-order valence-electron chi connectivity index (χ1n) is 29.4. The van der Waals surface area contributed by atoms with E-state index < -0.39 is 53.7 Å². The van der Waals surface area contributed by atoms with E-state index in [4.69, 9.17) is 73.2 Å². The van der Waals surface area contributed by atoms with Gasteiger partial charge in [0.25, 0.3) is 0 Å². The van der Waals surface area contributed by atoms with Crippen LogP contribution in [-0.4, -0.2) is 112 Å². The van der Waals surface area contributed by atoms with Gasteiger partial charge in [0, 0.05) is 44.9 Å². The van der Waals surface area contributed by atoms with Crippen LogP contribution in [0.4, 0.5) is 0 Å². The fourth-order valence-electron chi connectivity index (χ4n) is 7.18. The molecule has 0 aliphatic heterocycles. The Bertz CT molecular complexity index is 1670. The molecular formula is C57H96O24. The highest BCUT2D eigenvalue weighted by Gasteiger charge is 2.21. The first kappa shape index (κ1) is 75.7. The standard InChI is InChI=1S/C57H96O24/c1-4-7-30-47(6-3)46-69-49(58)31-15-9-23-39-70-77-51(60)33-17-11-25-41-72-79-53(62)35-19-13-27-43-74-81-55(64)37-21-14-28-44-75-80-54(63)36-20-12-26-42-73-78-52(61)34-18-10-24-40-71-76-50(59)32-16-8-22-38-68-56(65)45-48(29-5-2)57(66)67/h5,47-48H,2,4,6-46H2,1,3H3,(H,66,67). The molecule has 0 rings (SSSR count). The number of unbranched alkanes of at least 4 members (excludes halogenated alkanes) is 15. The summed E-state index contributed by atoms with van der Waals surface area (Å²) in [4.78, 5) is 164. The molecule has 1 N–H and O–H groups in total. The summed E-state index contributed by atoms with van der Waals surface area (Å²) < 4.78 is 10.5. The third kappa shape index (κ3) is 53.8. The molecule has 0 saturated carbocycles. The van der Waals surface area contributed by atoms with Gasteiger partial charge in [-0.1, -0.05) is 77.7 Å². The summed E-state index contributed by atoms with van der Waals surface area (Å²) in [7, 11) is 0. The predicted molar refractivity (Wildman–Crippen MR) is 287 cm³/mol. The van der Waals surface area contributed by atoms with E-state index in [1.165, 1.54) is 6.08 Å². The van der Waals surface area contributed by atoms with Crippen LogP contribution in [-0.2, 0) is 111 Å². The number of carbonyl (C=O) groups is 9. The molecule has 0 bridgehead atoms. The first-order chi connectivity index (χ1) is 39.3. The molecule has 0 aromatic carbocycles. The van der Waals surface area contributed by atoms with Gasteiger partial charge in [-0.15, -0.1) is 6.58 Å². The van der Waals surface area contributed by atoms with Gasteiger partial charge in [-0.3, -0.25) is 43.7 Å². The van der Waals surface area contributed by atoms with Crippen molar-refractivity contribution in [3.63, 3.8) is 0 Å². The van der Waals surface area contributed by atoms with E-state index in [1.54, 1.807) is 0 Å². The number of allylic oxidation sites excluding steroid dienone is 1. The highest BCUT2D eigenvalue weighted by atomic mass is 17.2. The van der Waals surface area contributed by atoms with E-state index in [1.807, 2.05) is 0 Å². The highest BCUT2D eigenvalue weighted by Crippen LogP contribution is 2.15. The maximum Gasteiger partial charge on any atom is 0.342 e. The second kappa shape index (κ2) is 56.6. The van der Waals surface area contributed by atoms with Crippen molar-refractivity contribution in [2.75, 3.05) is 52.9 Å². The topological polar surface area (TPSA) is 303 Å². The Morgan fingerprint density at radius 1 is 0.370 bits per heavy atom. The van der Waals surface area contributed by atoms with Gasteiger partial charge in [0.2, 0.25) is 0 Å². The second-order valence-electron chi connectivity index (χ2n) is 19.4. The molecule has 0 radical (unpaired) electrons. The highest BCUT2D eigenvalue weighted by molar-refractivity contribution is 5.79. The molecule has 0 heterocycles. The van der Waals surface area contributed by atoms with Crippen LogP contribution < -0.4 is 0 Å². The van der Waals surface area contributed by atoms with Crippen molar-refractivity contribution in [3.8, 4) is 0 Å². The van der Waals surface area contributed by atoms with Crippen LogP contribution in [0.1, 0.15) is 232 Å². The molecule has 0 aliphatic carbocycles. The van der Waals surface area contributed by atoms with Crippen molar-refractivity contribution in [2.24, 2.45) is 11.8 Å². The Labute approximate surface area is 478 Å². The van der Waals surface area contributed by atoms with Crippen LogP contribution in [0.15, 0.2) is 12.7 Å². The summed E-state index contributed by atoms with van der Waals surface area (Å²) in [5.74, 6) is -5.30.